The molecule has 1 aromatic rings. The van der Waals surface area contributed by atoms with Gasteiger partial charge in [0.15, 0.2) is 17.5 Å². The van der Waals surface area contributed by atoms with Gasteiger partial charge in [0.05, 0.1) is 0 Å². The number of rotatable bonds is 5. The van der Waals surface area contributed by atoms with Crippen LogP contribution < -0.4 is 5.32 Å². The van der Waals surface area contributed by atoms with Crippen LogP contribution in [0.4, 0.5) is 13.2 Å². The first-order chi connectivity index (χ1) is 7.54. The van der Waals surface area contributed by atoms with Crippen LogP contribution in [0.15, 0.2) is 12.1 Å². The molecule has 0 aliphatic heterocycles. The third-order valence-electron chi connectivity index (χ3n) is 2.24. The Morgan fingerprint density at radius 1 is 1.19 bits per heavy atom. The van der Waals surface area contributed by atoms with E-state index < -0.39 is 17.5 Å². The summed E-state index contributed by atoms with van der Waals surface area (Å²) in [7, 11) is 3.65. The molecular weight excluding hydrogens is 217 g/mol. The van der Waals surface area contributed by atoms with Crippen LogP contribution in [-0.4, -0.2) is 32.1 Å². The molecule has 0 spiro atoms. The SMILES string of the molecule is CNCCN(C)Cc1cc(F)c(F)c(F)c1. The Kier molecular flexibility index (Phi) is 4.76. The molecule has 0 aliphatic rings. The second-order valence-corrected chi connectivity index (χ2v) is 3.71. The fourth-order valence-electron chi connectivity index (χ4n) is 1.39. The molecule has 0 bridgehead atoms. The molecule has 0 fully saturated rings. The smallest absolute Gasteiger partial charge is 0.194 e. The third kappa shape index (κ3) is 3.50. The highest BCUT2D eigenvalue weighted by Crippen LogP contribution is 2.14. The Bertz CT molecular complexity index is 332. The summed E-state index contributed by atoms with van der Waals surface area (Å²) in [6, 6.07) is 2.04. The van der Waals surface area contributed by atoms with E-state index in [1.807, 2.05) is 19.0 Å². The molecule has 0 radical (unpaired) electrons. The molecule has 0 aliphatic carbocycles. The molecule has 90 valence electrons. The highest BCUT2D eigenvalue weighted by atomic mass is 19.2. The van der Waals surface area contributed by atoms with Crippen LogP contribution in [0.25, 0.3) is 0 Å². The van der Waals surface area contributed by atoms with Crippen molar-refractivity contribution in [2.45, 2.75) is 6.54 Å². The zero-order chi connectivity index (χ0) is 12.1. The van der Waals surface area contributed by atoms with Gasteiger partial charge >= 0.3 is 0 Å². The molecule has 0 aromatic heterocycles. The molecule has 0 heterocycles. The van der Waals surface area contributed by atoms with Crippen LogP contribution in [-0.2, 0) is 6.54 Å². The number of halogens is 3. The van der Waals surface area contributed by atoms with Crippen LogP contribution >= 0.6 is 0 Å². The predicted octanol–water partition coefficient (Wildman–Crippen LogP) is 1.76. The van der Waals surface area contributed by atoms with Gasteiger partial charge in [-0.15, -0.1) is 0 Å². The molecular formula is C11H15F3N2. The standard InChI is InChI=1S/C11H15F3N2/c1-15-3-4-16(2)7-8-5-9(12)11(14)10(13)6-8/h5-6,15H,3-4,7H2,1-2H3. The predicted molar refractivity (Wildman–Crippen MR) is 56.6 cm³/mol. The van der Waals surface area contributed by atoms with Gasteiger partial charge in [-0.05, 0) is 31.8 Å². The summed E-state index contributed by atoms with van der Waals surface area (Å²) in [5, 5.41) is 2.97. The fourth-order valence-corrected chi connectivity index (χ4v) is 1.39. The average molecular weight is 232 g/mol. The van der Waals surface area contributed by atoms with Crippen LogP contribution in [0, 0.1) is 17.5 Å². The highest BCUT2D eigenvalue weighted by molar-refractivity contribution is 5.19. The summed E-state index contributed by atoms with van der Waals surface area (Å²) in [6.07, 6.45) is 0. The third-order valence-corrected chi connectivity index (χ3v) is 2.24. The minimum absolute atomic E-state index is 0.385. The zero-order valence-electron chi connectivity index (χ0n) is 9.36. The summed E-state index contributed by atoms with van der Waals surface area (Å²) >= 11 is 0. The molecule has 0 saturated carbocycles. The van der Waals surface area contributed by atoms with Crippen molar-refractivity contribution in [1.82, 2.24) is 10.2 Å². The number of hydrogen-bond donors (Lipinski definition) is 1. The van der Waals surface area contributed by atoms with Gasteiger partial charge in [0, 0.05) is 19.6 Å². The Morgan fingerprint density at radius 3 is 2.25 bits per heavy atom. The van der Waals surface area contributed by atoms with Gasteiger partial charge < -0.3 is 10.2 Å². The van der Waals surface area contributed by atoms with E-state index in [4.69, 9.17) is 0 Å². The van der Waals surface area contributed by atoms with Crippen LogP contribution in [0.5, 0.6) is 0 Å². The van der Waals surface area contributed by atoms with E-state index in [1.165, 1.54) is 0 Å². The molecule has 0 atom stereocenters. The van der Waals surface area contributed by atoms with E-state index >= 15 is 0 Å². The van der Waals surface area contributed by atoms with E-state index in [0.717, 1.165) is 25.2 Å². The lowest BCUT2D eigenvalue weighted by atomic mass is 10.2. The Balaban J connectivity index is 2.67. The molecule has 16 heavy (non-hydrogen) atoms. The van der Waals surface area contributed by atoms with E-state index in [2.05, 4.69) is 5.32 Å². The van der Waals surface area contributed by atoms with Crippen molar-refractivity contribution in [3.8, 4) is 0 Å². The molecule has 1 rings (SSSR count). The van der Waals surface area contributed by atoms with Crippen molar-refractivity contribution < 1.29 is 13.2 Å². The van der Waals surface area contributed by atoms with Gasteiger partial charge in [0.25, 0.3) is 0 Å². The summed E-state index contributed by atoms with van der Waals surface area (Å²) in [4.78, 5) is 1.89. The molecule has 2 nitrogen and oxygen atoms in total. The van der Waals surface area contributed by atoms with Crippen molar-refractivity contribution in [2.24, 2.45) is 0 Å². The van der Waals surface area contributed by atoms with Crippen molar-refractivity contribution in [3.63, 3.8) is 0 Å². The first-order valence-corrected chi connectivity index (χ1v) is 5.01. The lowest BCUT2D eigenvalue weighted by Crippen LogP contribution is -2.27. The number of hydrogen-bond acceptors (Lipinski definition) is 2. The largest absolute Gasteiger partial charge is 0.318 e. The van der Waals surface area contributed by atoms with Gasteiger partial charge in [-0.25, -0.2) is 13.2 Å². The molecule has 0 saturated heterocycles. The number of likely N-dealkylation sites (N-methyl/N-ethyl adjacent to an activating group) is 2. The Hall–Kier alpha value is -1.07. The summed E-state index contributed by atoms with van der Waals surface area (Å²) < 4.78 is 38.5. The number of benzene rings is 1. The second-order valence-electron chi connectivity index (χ2n) is 3.71. The first kappa shape index (κ1) is 13.0. The molecule has 5 heteroatoms. The zero-order valence-corrected chi connectivity index (χ0v) is 9.36. The maximum absolute atomic E-state index is 12.9. The lowest BCUT2D eigenvalue weighted by Gasteiger charge is -2.16. The quantitative estimate of drug-likeness (QED) is 0.778. The van der Waals surface area contributed by atoms with Gasteiger partial charge in [-0.3, -0.25) is 0 Å². The van der Waals surface area contributed by atoms with E-state index in [9.17, 15) is 13.2 Å². The van der Waals surface area contributed by atoms with Crippen molar-refractivity contribution in [3.05, 3.63) is 35.1 Å². The monoisotopic (exact) mass is 232 g/mol. The summed E-state index contributed by atoms with van der Waals surface area (Å²) in [6.45, 7) is 1.91. The van der Waals surface area contributed by atoms with Gasteiger partial charge in [-0.2, -0.15) is 0 Å². The minimum atomic E-state index is -1.42. The number of nitrogens with zero attached hydrogens (tertiary/aromatic N) is 1. The van der Waals surface area contributed by atoms with Crippen LogP contribution in [0.3, 0.4) is 0 Å². The van der Waals surface area contributed by atoms with Gasteiger partial charge in [-0.1, -0.05) is 0 Å². The maximum atomic E-state index is 12.9. The first-order valence-electron chi connectivity index (χ1n) is 5.01. The van der Waals surface area contributed by atoms with Crippen LogP contribution in [0.2, 0.25) is 0 Å². The molecule has 1 aromatic carbocycles. The normalized spacial score (nSPS) is 11.1. The van der Waals surface area contributed by atoms with E-state index in [-0.39, 0.29) is 0 Å². The topological polar surface area (TPSA) is 15.3 Å². The van der Waals surface area contributed by atoms with Gasteiger partial charge in [0.2, 0.25) is 0 Å². The second kappa shape index (κ2) is 5.86. The maximum Gasteiger partial charge on any atom is 0.194 e. The van der Waals surface area contributed by atoms with Crippen molar-refractivity contribution in [2.75, 3.05) is 27.2 Å². The average Bonchev–Trinajstić information content (AvgIpc) is 2.23. The lowest BCUT2D eigenvalue weighted by molar-refractivity contribution is 0.325. The highest BCUT2D eigenvalue weighted by Gasteiger charge is 2.11. The van der Waals surface area contributed by atoms with Gasteiger partial charge in [0.1, 0.15) is 0 Å². The van der Waals surface area contributed by atoms with Crippen molar-refractivity contribution >= 4 is 0 Å². The molecule has 0 unspecified atom stereocenters. The molecule has 1 N–H and O–H groups in total. The molecule has 0 amide bonds. The fraction of sp³-hybridized carbons (Fsp3) is 0.455. The van der Waals surface area contributed by atoms with E-state index in [1.54, 1.807) is 0 Å². The number of nitrogens with one attached hydrogen (secondary N) is 1. The Morgan fingerprint density at radius 2 is 1.75 bits per heavy atom. The summed E-state index contributed by atoms with van der Waals surface area (Å²) in [5.41, 5.74) is 0.426. The summed E-state index contributed by atoms with van der Waals surface area (Å²) in [5.74, 6) is -3.70. The van der Waals surface area contributed by atoms with Crippen LogP contribution in [0.1, 0.15) is 5.56 Å². The van der Waals surface area contributed by atoms with Crippen molar-refractivity contribution in [1.29, 1.82) is 0 Å². The Labute approximate surface area is 93.1 Å². The van der Waals surface area contributed by atoms with E-state index in [0.29, 0.717) is 12.1 Å². The minimum Gasteiger partial charge on any atom is -0.318 e.